The molecule has 0 fully saturated rings. The van der Waals surface area contributed by atoms with Crippen molar-refractivity contribution >= 4 is 0 Å². The molecule has 70 valence electrons. The Bertz CT molecular complexity index is 294. The fourth-order valence-corrected chi connectivity index (χ4v) is 1.62. The Morgan fingerprint density at radius 3 is 3.00 bits per heavy atom. The van der Waals surface area contributed by atoms with Crippen LogP contribution in [0.4, 0.5) is 0 Å². The standard InChI is InChI=1S/C11H14O2/c1-9-3-2-4-11-10(9)5-6-12-7-8-13-11/h2-4H,5-8H2,1H3. The number of fused-ring (bicyclic) bond motifs is 1. The van der Waals surface area contributed by atoms with Gasteiger partial charge in [0.2, 0.25) is 0 Å². The maximum atomic E-state index is 5.58. The summed E-state index contributed by atoms with van der Waals surface area (Å²) in [7, 11) is 0. The van der Waals surface area contributed by atoms with Crippen molar-refractivity contribution in [2.45, 2.75) is 13.3 Å². The molecule has 2 rings (SSSR count). The van der Waals surface area contributed by atoms with Crippen molar-refractivity contribution in [3.05, 3.63) is 29.3 Å². The zero-order chi connectivity index (χ0) is 9.10. The van der Waals surface area contributed by atoms with Crippen LogP contribution in [-0.2, 0) is 11.2 Å². The quantitative estimate of drug-likeness (QED) is 0.604. The van der Waals surface area contributed by atoms with E-state index in [0.29, 0.717) is 13.2 Å². The first-order valence-electron chi connectivity index (χ1n) is 4.67. The van der Waals surface area contributed by atoms with E-state index >= 15 is 0 Å². The molecule has 0 aliphatic carbocycles. The van der Waals surface area contributed by atoms with E-state index < -0.39 is 0 Å². The SMILES string of the molecule is Cc1cccc2c1CCOCCO2. The van der Waals surface area contributed by atoms with Gasteiger partial charge in [0.15, 0.2) is 0 Å². The highest BCUT2D eigenvalue weighted by molar-refractivity contribution is 5.39. The zero-order valence-electron chi connectivity index (χ0n) is 7.88. The molecule has 0 radical (unpaired) electrons. The normalized spacial score (nSPS) is 16.7. The lowest BCUT2D eigenvalue weighted by molar-refractivity contribution is 0.0932. The third-order valence-corrected chi connectivity index (χ3v) is 2.35. The van der Waals surface area contributed by atoms with E-state index in [1.807, 2.05) is 12.1 Å². The summed E-state index contributed by atoms with van der Waals surface area (Å²) < 4.78 is 10.9. The monoisotopic (exact) mass is 178 g/mol. The summed E-state index contributed by atoms with van der Waals surface area (Å²) >= 11 is 0. The van der Waals surface area contributed by atoms with Crippen molar-refractivity contribution in [3.8, 4) is 5.75 Å². The number of aryl methyl sites for hydroxylation is 1. The second kappa shape index (κ2) is 3.79. The Labute approximate surface area is 78.5 Å². The molecule has 1 heterocycles. The minimum absolute atomic E-state index is 0.663. The van der Waals surface area contributed by atoms with Gasteiger partial charge in [-0.1, -0.05) is 12.1 Å². The van der Waals surface area contributed by atoms with Crippen LogP contribution in [0.1, 0.15) is 11.1 Å². The molecule has 0 bridgehead atoms. The molecule has 0 saturated carbocycles. The molecular weight excluding hydrogens is 164 g/mol. The highest BCUT2D eigenvalue weighted by atomic mass is 16.5. The minimum Gasteiger partial charge on any atom is -0.491 e. The Hall–Kier alpha value is -1.02. The average Bonchev–Trinajstić information content (AvgIpc) is 2.07. The largest absolute Gasteiger partial charge is 0.491 e. The molecular formula is C11H14O2. The Balaban J connectivity index is 2.33. The molecule has 1 aliphatic rings. The first-order chi connectivity index (χ1) is 6.38. The predicted molar refractivity (Wildman–Crippen MR) is 51.2 cm³/mol. The van der Waals surface area contributed by atoms with Crippen LogP contribution in [0, 0.1) is 6.92 Å². The highest BCUT2D eigenvalue weighted by Gasteiger charge is 2.08. The van der Waals surface area contributed by atoms with Gasteiger partial charge in [-0.05, 0) is 30.5 Å². The molecule has 1 aromatic carbocycles. The smallest absolute Gasteiger partial charge is 0.122 e. The summed E-state index contributed by atoms with van der Waals surface area (Å²) in [4.78, 5) is 0. The van der Waals surface area contributed by atoms with Crippen LogP contribution in [0.2, 0.25) is 0 Å². The van der Waals surface area contributed by atoms with Gasteiger partial charge in [0, 0.05) is 0 Å². The van der Waals surface area contributed by atoms with Crippen LogP contribution in [-0.4, -0.2) is 19.8 Å². The second-order valence-corrected chi connectivity index (χ2v) is 3.26. The van der Waals surface area contributed by atoms with Crippen molar-refractivity contribution in [1.29, 1.82) is 0 Å². The van der Waals surface area contributed by atoms with Gasteiger partial charge in [-0.3, -0.25) is 0 Å². The summed E-state index contributed by atoms with van der Waals surface area (Å²) in [5.74, 6) is 1.03. The third-order valence-electron chi connectivity index (χ3n) is 2.35. The van der Waals surface area contributed by atoms with Crippen molar-refractivity contribution in [3.63, 3.8) is 0 Å². The summed E-state index contributed by atoms with van der Waals surface area (Å²) in [5.41, 5.74) is 2.59. The van der Waals surface area contributed by atoms with E-state index in [1.54, 1.807) is 0 Å². The maximum absolute atomic E-state index is 5.58. The average molecular weight is 178 g/mol. The van der Waals surface area contributed by atoms with E-state index in [1.165, 1.54) is 11.1 Å². The van der Waals surface area contributed by atoms with Crippen molar-refractivity contribution in [2.24, 2.45) is 0 Å². The topological polar surface area (TPSA) is 18.5 Å². The van der Waals surface area contributed by atoms with Gasteiger partial charge < -0.3 is 9.47 Å². The molecule has 0 saturated heterocycles. The lowest BCUT2D eigenvalue weighted by Gasteiger charge is -2.17. The Kier molecular flexibility index (Phi) is 2.50. The molecule has 2 nitrogen and oxygen atoms in total. The number of hydrogen-bond acceptors (Lipinski definition) is 2. The lowest BCUT2D eigenvalue weighted by Crippen LogP contribution is -2.14. The molecule has 0 aromatic heterocycles. The first-order valence-corrected chi connectivity index (χ1v) is 4.67. The van der Waals surface area contributed by atoms with Crippen LogP contribution >= 0.6 is 0 Å². The van der Waals surface area contributed by atoms with Gasteiger partial charge in [0.05, 0.1) is 13.2 Å². The maximum Gasteiger partial charge on any atom is 0.122 e. The van der Waals surface area contributed by atoms with Gasteiger partial charge in [0.1, 0.15) is 12.4 Å². The van der Waals surface area contributed by atoms with E-state index in [9.17, 15) is 0 Å². The number of ether oxygens (including phenoxy) is 2. The van der Waals surface area contributed by atoms with Crippen LogP contribution in [0.25, 0.3) is 0 Å². The number of benzene rings is 1. The van der Waals surface area contributed by atoms with E-state index in [-0.39, 0.29) is 0 Å². The molecule has 2 heteroatoms. The van der Waals surface area contributed by atoms with E-state index in [2.05, 4.69) is 13.0 Å². The molecule has 0 amide bonds. The third kappa shape index (κ3) is 1.83. The minimum atomic E-state index is 0.663. The van der Waals surface area contributed by atoms with E-state index in [0.717, 1.165) is 18.8 Å². The van der Waals surface area contributed by atoms with Gasteiger partial charge in [-0.15, -0.1) is 0 Å². The lowest BCUT2D eigenvalue weighted by atomic mass is 10.0. The van der Waals surface area contributed by atoms with E-state index in [4.69, 9.17) is 9.47 Å². The van der Waals surface area contributed by atoms with Crippen molar-refractivity contribution < 1.29 is 9.47 Å². The van der Waals surface area contributed by atoms with Gasteiger partial charge >= 0.3 is 0 Å². The summed E-state index contributed by atoms with van der Waals surface area (Å²) in [5, 5.41) is 0. The Morgan fingerprint density at radius 2 is 2.08 bits per heavy atom. The molecule has 0 spiro atoms. The van der Waals surface area contributed by atoms with Crippen LogP contribution in [0.15, 0.2) is 18.2 Å². The second-order valence-electron chi connectivity index (χ2n) is 3.26. The van der Waals surface area contributed by atoms with Crippen molar-refractivity contribution in [1.82, 2.24) is 0 Å². The summed E-state index contributed by atoms with van der Waals surface area (Å²) in [6.07, 6.45) is 0.960. The number of hydrogen-bond donors (Lipinski definition) is 0. The fourth-order valence-electron chi connectivity index (χ4n) is 1.62. The van der Waals surface area contributed by atoms with Crippen LogP contribution < -0.4 is 4.74 Å². The highest BCUT2D eigenvalue weighted by Crippen LogP contribution is 2.23. The molecule has 0 atom stereocenters. The van der Waals surface area contributed by atoms with Crippen LogP contribution in [0.3, 0.4) is 0 Å². The predicted octanol–water partition coefficient (Wildman–Crippen LogP) is 1.95. The molecule has 0 N–H and O–H groups in total. The fraction of sp³-hybridized carbons (Fsp3) is 0.455. The summed E-state index contributed by atoms with van der Waals surface area (Å²) in [6, 6.07) is 6.19. The molecule has 1 aromatic rings. The summed E-state index contributed by atoms with van der Waals surface area (Å²) in [6.45, 7) is 4.29. The van der Waals surface area contributed by atoms with Gasteiger partial charge in [0.25, 0.3) is 0 Å². The Morgan fingerprint density at radius 1 is 1.15 bits per heavy atom. The molecule has 1 aliphatic heterocycles. The zero-order valence-corrected chi connectivity index (χ0v) is 7.88. The first kappa shape index (κ1) is 8.57. The van der Waals surface area contributed by atoms with Crippen LogP contribution in [0.5, 0.6) is 5.75 Å². The van der Waals surface area contributed by atoms with Crippen molar-refractivity contribution in [2.75, 3.05) is 19.8 Å². The molecule has 0 unspecified atom stereocenters. The molecule has 13 heavy (non-hydrogen) atoms. The number of rotatable bonds is 0. The van der Waals surface area contributed by atoms with Gasteiger partial charge in [-0.2, -0.15) is 0 Å². The van der Waals surface area contributed by atoms with Gasteiger partial charge in [-0.25, -0.2) is 0 Å².